The zero-order valence-electron chi connectivity index (χ0n) is 35.9. The summed E-state index contributed by atoms with van der Waals surface area (Å²) >= 11 is 0. The van der Waals surface area contributed by atoms with Crippen LogP contribution in [0.5, 0.6) is 0 Å². The molecule has 14 rings (SSSR count). The van der Waals surface area contributed by atoms with Crippen molar-refractivity contribution in [2.24, 2.45) is 0 Å². The minimum Gasteiger partial charge on any atom is -0.456 e. The van der Waals surface area contributed by atoms with Crippen LogP contribution in [-0.2, 0) is 0 Å². The normalized spacial score (nSPS) is 11.9. The molecule has 0 amide bonds. The first-order valence-electron chi connectivity index (χ1n) is 22.5. The van der Waals surface area contributed by atoms with Crippen molar-refractivity contribution in [3.8, 4) is 56.7 Å². The van der Waals surface area contributed by atoms with E-state index in [-0.39, 0.29) is 0 Å². The average molecular weight is 857 g/mol. The van der Waals surface area contributed by atoms with Crippen LogP contribution in [0.3, 0.4) is 0 Å². The summed E-state index contributed by atoms with van der Waals surface area (Å²) in [6.45, 7) is 0. The quantitative estimate of drug-likeness (QED) is 0.167. The van der Waals surface area contributed by atoms with Gasteiger partial charge in [0.05, 0.1) is 38.8 Å². The van der Waals surface area contributed by atoms with Gasteiger partial charge in [0.25, 0.3) is 0 Å². The Hall–Kier alpha value is -9.20. The molecule has 0 radical (unpaired) electrons. The molecule has 5 aromatic heterocycles. The van der Waals surface area contributed by atoms with Crippen molar-refractivity contribution in [2.75, 3.05) is 0 Å². The zero-order chi connectivity index (χ0) is 44.0. The van der Waals surface area contributed by atoms with E-state index in [1.165, 1.54) is 0 Å². The van der Waals surface area contributed by atoms with Crippen molar-refractivity contribution in [2.45, 2.75) is 0 Å². The van der Waals surface area contributed by atoms with Crippen LogP contribution < -0.4 is 0 Å². The minimum atomic E-state index is 0.607. The van der Waals surface area contributed by atoms with Crippen molar-refractivity contribution in [1.29, 1.82) is 0 Å². The van der Waals surface area contributed by atoms with Gasteiger partial charge in [0.1, 0.15) is 16.8 Å². The van der Waals surface area contributed by atoms with E-state index in [4.69, 9.17) is 24.4 Å². The molecule has 0 fully saturated rings. The molecule has 67 heavy (non-hydrogen) atoms. The summed E-state index contributed by atoms with van der Waals surface area (Å²) in [6, 6.07) is 76.0. The summed E-state index contributed by atoms with van der Waals surface area (Å²) in [4.78, 5) is 21.4. The van der Waals surface area contributed by atoms with Crippen LogP contribution >= 0.6 is 0 Å². The molecular weight excluding hydrogens is 821 g/mol. The third-order valence-corrected chi connectivity index (χ3v) is 13.2. The molecule has 14 aromatic rings. The van der Waals surface area contributed by atoms with Crippen molar-refractivity contribution in [3.63, 3.8) is 0 Å². The monoisotopic (exact) mass is 856 g/mol. The molecule has 0 N–H and O–H groups in total. The smallest absolute Gasteiger partial charge is 0.235 e. The topological polar surface area (TPSA) is 74.6 Å². The molecular formula is C60H36N6O. The number of nitrogens with zero attached hydrogens (tertiary/aromatic N) is 6. The van der Waals surface area contributed by atoms with Gasteiger partial charge in [0.15, 0.2) is 5.82 Å². The van der Waals surface area contributed by atoms with Gasteiger partial charge in [-0.2, -0.15) is 0 Å². The molecule has 0 saturated carbocycles. The molecule has 7 heteroatoms. The predicted octanol–water partition coefficient (Wildman–Crippen LogP) is 15.2. The van der Waals surface area contributed by atoms with Gasteiger partial charge in [-0.3, -0.25) is 9.13 Å². The van der Waals surface area contributed by atoms with E-state index in [9.17, 15) is 0 Å². The predicted molar refractivity (Wildman–Crippen MR) is 273 cm³/mol. The highest BCUT2D eigenvalue weighted by Gasteiger charge is 2.23. The Morgan fingerprint density at radius 3 is 1.75 bits per heavy atom. The maximum Gasteiger partial charge on any atom is 0.235 e. The van der Waals surface area contributed by atoms with Crippen molar-refractivity contribution in [1.82, 2.24) is 29.1 Å². The van der Waals surface area contributed by atoms with E-state index < -0.39 is 0 Å². The van der Waals surface area contributed by atoms with E-state index in [0.717, 1.165) is 121 Å². The molecule has 0 saturated heterocycles. The number of para-hydroxylation sites is 4. The van der Waals surface area contributed by atoms with Crippen LogP contribution in [0.1, 0.15) is 0 Å². The maximum absolute atomic E-state index is 6.35. The Morgan fingerprint density at radius 2 is 0.955 bits per heavy atom. The summed E-state index contributed by atoms with van der Waals surface area (Å²) in [5, 5.41) is 7.40. The van der Waals surface area contributed by atoms with Crippen LogP contribution in [0.2, 0.25) is 0 Å². The second-order valence-corrected chi connectivity index (χ2v) is 17.0. The van der Waals surface area contributed by atoms with Gasteiger partial charge in [-0.25, -0.2) is 19.9 Å². The fraction of sp³-hybridized carbons (Fsp3) is 0. The number of fused-ring (bicyclic) bond motifs is 10. The summed E-state index contributed by atoms with van der Waals surface area (Å²) in [6.07, 6.45) is 0. The molecule has 0 aliphatic heterocycles. The Balaban J connectivity index is 0.988. The van der Waals surface area contributed by atoms with Gasteiger partial charge in [-0.15, -0.1) is 0 Å². The lowest BCUT2D eigenvalue weighted by Crippen LogP contribution is -2.03. The Kier molecular flexibility index (Phi) is 8.15. The zero-order valence-corrected chi connectivity index (χ0v) is 35.9. The van der Waals surface area contributed by atoms with Crippen molar-refractivity contribution in [3.05, 3.63) is 218 Å². The minimum absolute atomic E-state index is 0.607. The molecule has 0 aliphatic carbocycles. The van der Waals surface area contributed by atoms with Gasteiger partial charge < -0.3 is 4.42 Å². The van der Waals surface area contributed by atoms with Gasteiger partial charge >= 0.3 is 0 Å². The third kappa shape index (κ3) is 5.78. The van der Waals surface area contributed by atoms with E-state index in [1.807, 2.05) is 54.6 Å². The van der Waals surface area contributed by atoms with Crippen LogP contribution in [-0.4, -0.2) is 29.1 Å². The summed E-state index contributed by atoms with van der Waals surface area (Å²) in [5.74, 6) is 1.29. The lowest BCUT2D eigenvalue weighted by molar-refractivity contribution is 0.669. The third-order valence-electron chi connectivity index (χ3n) is 13.2. The first kappa shape index (κ1) is 37.2. The molecule has 5 heterocycles. The van der Waals surface area contributed by atoms with Crippen molar-refractivity contribution >= 4 is 76.6 Å². The second-order valence-electron chi connectivity index (χ2n) is 17.0. The number of aromatic nitrogens is 6. The fourth-order valence-electron chi connectivity index (χ4n) is 10.2. The SMILES string of the molecule is c1ccc(-c2nc(-c3ccccc3)c3c4cc(-c5ccc6c(c5)c5ccccc5n6-c5nc(-c6cccc7oc8ccccc8c67)c6ccccc6n5)ccc4n(-c4ccccc4)c3n2)cc1. The molecule has 9 aromatic carbocycles. The molecule has 0 atom stereocenters. The van der Waals surface area contributed by atoms with Gasteiger partial charge in [0, 0.05) is 54.7 Å². The van der Waals surface area contributed by atoms with Gasteiger partial charge in [-0.1, -0.05) is 158 Å². The molecule has 0 spiro atoms. The highest BCUT2D eigenvalue weighted by atomic mass is 16.3. The van der Waals surface area contributed by atoms with Crippen LogP contribution in [0.25, 0.3) is 133 Å². The highest BCUT2D eigenvalue weighted by Crippen LogP contribution is 2.43. The average Bonchev–Trinajstić information content (AvgIpc) is 4.06. The highest BCUT2D eigenvalue weighted by molar-refractivity contribution is 6.17. The van der Waals surface area contributed by atoms with Crippen LogP contribution in [0, 0.1) is 0 Å². The molecule has 7 nitrogen and oxygen atoms in total. The summed E-state index contributed by atoms with van der Waals surface area (Å²) in [5.41, 5.74) is 14.5. The summed E-state index contributed by atoms with van der Waals surface area (Å²) < 4.78 is 10.8. The second kappa shape index (κ2) is 14.7. The first-order chi connectivity index (χ1) is 33.2. The first-order valence-corrected chi connectivity index (χ1v) is 22.5. The number of benzene rings is 9. The fourth-order valence-corrected chi connectivity index (χ4v) is 10.2. The van der Waals surface area contributed by atoms with E-state index >= 15 is 0 Å². The van der Waals surface area contributed by atoms with E-state index in [0.29, 0.717) is 11.8 Å². The largest absolute Gasteiger partial charge is 0.456 e. The number of rotatable bonds is 6. The summed E-state index contributed by atoms with van der Waals surface area (Å²) in [7, 11) is 0. The number of furan rings is 1. The lowest BCUT2D eigenvalue weighted by Gasteiger charge is -2.12. The molecule has 0 aliphatic rings. The van der Waals surface area contributed by atoms with Crippen LogP contribution in [0.15, 0.2) is 223 Å². The number of hydrogen-bond acceptors (Lipinski definition) is 5. The molecule has 0 unspecified atom stereocenters. The Labute approximate surface area is 383 Å². The molecule has 0 bridgehead atoms. The van der Waals surface area contributed by atoms with E-state index in [2.05, 4.69) is 173 Å². The Morgan fingerprint density at radius 1 is 0.343 bits per heavy atom. The molecule has 312 valence electrons. The Bertz CT molecular complexity index is 4270. The number of hydrogen-bond donors (Lipinski definition) is 0. The van der Waals surface area contributed by atoms with E-state index in [1.54, 1.807) is 0 Å². The maximum atomic E-state index is 6.35. The van der Waals surface area contributed by atoms with Crippen LogP contribution in [0.4, 0.5) is 0 Å². The van der Waals surface area contributed by atoms with Gasteiger partial charge in [0.2, 0.25) is 5.95 Å². The lowest BCUT2D eigenvalue weighted by atomic mass is 9.99. The van der Waals surface area contributed by atoms with Gasteiger partial charge in [-0.05, 0) is 71.8 Å². The standard InChI is InChI=1S/C60H36N6O/c1-4-17-37(18-5-1)56-55-47-36-40(32-34-51(47)65(41-21-8-3-9-22-41)59(55)64-58(62-56)38-19-6-2-7-20-38)39-31-33-50-46(35-39)42-23-11-14-28-49(42)66(50)60-61-48-27-13-10-24-43(48)57(63-60)45-26-16-30-53-54(45)44-25-12-15-29-52(44)67-53/h1-36H. The van der Waals surface area contributed by atoms with Crippen molar-refractivity contribution < 1.29 is 4.42 Å².